The molecule has 9 heteroatoms. The van der Waals surface area contributed by atoms with Gasteiger partial charge in [0.15, 0.2) is 11.5 Å². The minimum absolute atomic E-state index is 0.0180. The normalized spacial score (nSPS) is 16.0. The number of carbonyl (C=O) groups is 3. The van der Waals surface area contributed by atoms with Crippen LogP contribution in [0, 0.1) is 0 Å². The topological polar surface area (TPSA) is 106 Å². The first-order chi connectivity index (χ1) is 15.1. The molecule has 164 valence electrons. The molecule has 4 rings (SSSR count). The van der Waals surface area contributed by atoms with Crippen LogP contribution in [0.25, 0.3) is 0 Å². The molecule has 0 bridgehead atoms. The first-order valence-corrected chi connectivity index (χ1v) is 11.2. The molecule has 2 aliphatic rings. The van der Waals surface area contributed by atoms with Crippen LogP contribution < -0.4 is 25.4 Å². The molecule has 3 amide bonds. The first kappa shape index (κ1) is 21.2. The summed E-state index contributed by atoms with van der Waals surface area (Å²) < 4.78 is 10.5. The molecule has 0 unspecified atom stereocenters. The number of amides is 3. The maximum atomic E-state index is 12.2. The molecule has 1 fully saturated rings. The highest BCUT2D eigenvalue weighted by Crippen LogP contribution is 2.42. The molecule has 1 aliphatic heterocycles. The lowest BCUT2D eigenvalue weighted by Crippen LogP contribution is -2.46. The molecule has 2 aromatic rings. The molecule has 2 heterocycles. The van der Waals surface area contributed by atoms with Gasteiger partial charge in [0.1, 0.15) is 0 Å². The molecule has 1 aromatic carbocycles. The predicted octanol–water partition coefficient (Wildman–Crippen LogP) is 1.84. The highest BCUT2D eigenvalue weighted by Gasteiger charge is 2.36. The van der Waals surface area contributed by atoms with Crippen molar-refractivity contribution in [1.29, 1.82) is 0 Å². The number of fused-ring (bicyclic) bond motifs is 1. The lowest BCUT2D eigenvalue weighted by Gasteiger charge is -2.28. The van der Waals surface area contributed by atoms with E-state index in [1.54, 1.807) is 29.5 Å². The molecule has 0 radical (unpaired) electrons. The first-order valence-electron chi connectivity index (χ1n) is 10.3. The van der Waals surface area contributed by atoms with Gasteiger partial charge >= 0.3 is 11.8 Å². The summed E-state index contributed by atoms with van der Waals surface area (Å²) in [6, 6.07) is 9.44. The number of carbonyl (C=O) groups excluding carboxylic acids is 3. The van der Waals surface area contributed by atoms with Crippen LogP contribution >= 0.6 is 11.3 Å². The summed E-state index contributed by atoms with van der Waals surface area (Å²) >= 11 is 1.71. The highest BCUT2D eigenvalue weighted by atomic mass is 32.1. The summed E-state index contributed by atoms with van der Waals surface area (Å²) in [5.74, 6) is -0.687. The summed E-state index contributed by atoms with van der Waals surface area (Å²) in [6.45, 7) is 0.637. The fourth-order valence-corrected chi connectivity index (χ4v) is 5.01. The molecule has 0 atom stereocenters. The molecule has 3 N–H and O–H groups in total. The number of thiophene rings is 1. The van der Waals surface area contributed by atoms with Crippen LogP contribution in [0.15, 0.2) is 35.7 Å². The van der Waals surface area contributed by atoms with Crippen LogP contribution in [0.2, 0.25) is 0 Å². The lowest BCUT2D eigenvalue weighted by atomic mass is 9.84. The van der Waals surface area contributed by atoms with E-state index in [2.05, 4.69) is 27.4 Å². The molecule has 1 aromatic heterocycles. The van der Waals surface area contributed by atoms with E-state index in [9.17, 15) is 14.4 Å². The van der Waals surface area contributed by atoms with Crippen molar-refractivity contribution in [2.24, 2.45) is 0 Å². The third-order valence-electron chi connectivity index (χ3n) is 5.73. The Morgan fingerprint density at radius 1 is 0.968 bits per heavy atom. The Morgan fingerprint density at radius 2 is 1.74 bits per heavy atom. The van der Waals surface area contributed by atoms with Crippen molar-refractivity contribution < 1.29 is 23.9 Å². The van der Waals surface area contributed by atoms with Crippen molar-refractivity contribution in [3.8, 4) is 11.5 Å². The number of benzene rings is 1. The fourth-order valence-electron chi connectivity index (χ4n) is 4.03. The Balaban J connectivity index is 1.20. The van der Waals surface area contributed by atoms with E-state index in [0.717, 1.165) is 31.2 Å². The average Bonchev–Trinajstić information content (AvgIpc) is 3.55. The SMILES string of the molecule is O=C(CNC(=O)C(=O)NCc1ccc2c(c1)OCO2)NCC1(c2cccs2)CCCC1. The Hall–Kier alpha value is -3.07. The number of hydrogen-bond donors (Lipinski definition) is 3. The smallest absolute Gasteiger partial charge is 0.309 e. The maximum Gasteiger partial charge on any atom is 0.309 e. The standard InChI is InChI=1S/C22H25N3O5S/c26-19(25-13-22(7-1-2-8-22)18-4-3-9-31-18)12-24-21(28)20(27)23-11-15-5-6-16-17(10-15)30-14-29-16/h3-6,9-10H,1-2,7-8,11-14H2,(H,23,27)(H,24,28)(H,25,26). The Labute approximate surface area is 184 Å². The minimum atomic E-state index is -0.843. The summed E-state index contributed by atoms with van der Waals surface area (Å²) in [6.07, 6.45) is 4.38. The summed E-state index contributed by atoms with van der Waals surface area (Å²) in [4.78, 5) is 37.6. The molecule has 0 saturated heterocycles. The Kier molecular flexibility index (Phi) is 6.41. The van der Waals surface area contributed by atoms with Crippen molar-refractivity contribution in [3.05, 3.63) is 46.2 Å². The monoisotopic (exact) mass is 443 g/mol. The van der Waals surface area contributed by atoms with Crippen LogP contribution in [0.4, 0.5) is 0 Å². The Morgan fingerprint density at radius 3 is 2.52 bits per heavy atom. The minimum Gasteiger partial charge on any atom is -0.454 e. The van der Waals surface area contributed by atoms with Crippen molar-refractivity contribution in [2.75, 3.05) is 19.9 Å². The van der Waals surface area contributed by atoms with Gasteiger partial charge in [0.2, 0.25) is 12.7 Å². The molecular weight excluding hydrogens is 418 g/mol. The molecule has 31 heavy (non-hydrogen) atoms. The van der Waals surface area contributed by atoms with Gasteiger partial charge in [0.05, 0.1) is 6.54 Å². The third-order valence-corrected chi connectivity index (χ3v) is 6.85. The summed E-state index contributed by atoms with van der Waals surface area (Å²) in [5, 5.41) is 9.90. The lowest BCUT2D eigenvalue weighted by molar-refractivity contribution is -0.139. The van der Waals surface area contributed by atoms with Crippen LogP contribution in [0.5, 0.6) is 11.5 Å². The number of ether oxygens (including phenoxy) is 2. The van der Waals surface area contributed by atoms with Gasteiger partial charge in [-0.3, -0.25) is 14.4 Å². The van der Waals surface area contributed by atoms with E-state index in [0.29, 0.717) is 18.0 Å². The second-order valence-corrected chi connectivity index (χ2v) is 8.74. The van der Waals surface area contributed by atoms with E-state index >= 15 is 0 Å². The van der Waals surface area contributed by atoms with Crippen LogP contribution in [-0.4, -0.2) is 37.6 Å². The van der Waals surface area contributed by atoms with E-state index in [4.69, 9.17) is 9.47 Å². The van der Waals surface area contributed by atoms with Gasteiger partial charge in [-0.1, -0.05) is 25.0 Å². The third kappa shape index (κ3) is 4.99. The predicted molar refractivity (Wildman–Crippen MR) is 115 cm³/mol. The average molecular weight is 444 g/mol. The number of hydrogen-bond acceptors (Lipinski definition) is 6. The second kappa shape index (κ2) is 9.38. The van der Waals surface area contributed by atoms with Crippen molar-refractivity contribution in [2.45, 2.75) is 37.6 Å². The van der Waals surface area contributed by atoms with Gasteiger partial charge in [-0.05, 0) is 42.0 Å². The van der Waals surface area contributed by atoms with Crippen LogP contribution in [0.1, 0.15) is 36.1 Å². The van der Waals surface area contributed by atoms with Crippen molar-refractivity contribution in [3.63, 3.8) is 0 Å². The van der Waals surface area contributed by atoms with Crippen LogP contribution in [-0.2, 0) is 26.3 Å². The van der Waals surface area contributed by atoms with Crippen molar-refractivity contribution >= 4 is 29.1 Å². The van der Waals surface area contributed by atoms with E-state index in [1.807, 2.05) is 6.07 Å². The zero-order valence-corrected chi connectivity index (χ0v) is 17.9. The maximum absolute atomic E-state index is 12.2. The molecular formula is C22H25N3O5S. The zero-order valence-electron chi connectivity index (χ0n) is 17.1. The largest absolute Gasteiger partial charge is 0.454 e. The fraction of sp³-hybridized carbons (Fsp3) is 0.409. The molecule has 8 nitrogen and oxygen atoms in total. The van der Waals surface area contributed by atoms with E-state index in [-0.39, 0.29) is 31.2 Å². The summed E-state index contributed by atoms with van der Waals surface area (Å²) in [7, 11) is 0. The zero-order chi connectivity index (χ0) is 21.7. The van der Waals surface area contributed by atoms with Gasteiger partial charge < -0.3 is 25.4 Å². The quantitative estimate of drug-likeness (QED) is 0.567. The highest BCUT2D eigenvalue weighted by molar-refractivity contribution is 7.10. The second-order valence-electron chi connectivity index (χ2n) is 7.79. The van der Waals surface area contributed by atoms with E-state index < -0.39 is 11.8 Å². The van der Waals surface area contributed by atoms with E-state index in [1.165, 1.54) is 4.88 Å². The number of rotatable bonds is 7. The Bertz CT molecular complexity index is 954. The van der Waals surface area contributed by atoms with Gasteiger partial charge in [-0.25, -0.2) is 0 Å². The van der Waals surface area contributed by atoms with Gasteiger partial charge in [0, 0.05) is 23.4 Å². The van der Waals surface area contributed by atoms with Gasteiger partial charge in [-0.15, -0.1) is 11.3 Å². The summed E-state index contributed by atoms with van der Waals surface area (Å²) in [5.41, 5.74) is 0.758. The molecule has 1 aliphatic carbocycles. The molecule has 1 saturated carbocycles. The van der Waals surface area contributed by atoms with Gasteiger partial charge in [-0.2, -0.15) is 0 Å². The number of nitrogens with one attached hydrogen (secondary N) is 3. The van der Waals surface area contributed by atoms with Crippen molar-refractivity contribution in [1.82, 2.24) is 16.0 Å². The van der Waals surface area contributed by atoms with Crippen LogP contribution in [0.3, 0.4) is 0 Å². The van der Waals surface area contributed by atoms with Gasteiger partial charge in [0.25, 0.3) is 0 Å². The molecule has 0 spiro atoms.